The van der Waals surface area contributed by atoms with Gasteiger partial charge >= 0.3 is 0 Å². The highest BCUT2D eigenvalue weighted by Gasteiger charge is 2.00. The van der Waals surface area contributed by atoms with E-state index in [9.17, 15) is 0 Å². The van der Waals surface area contributed by atoms with Gasteiger partial charge in [-0.25, -0.2) is 0 Å². The highest BCUT2D eigenvalue weighted by atomic mass is 32.2. The molecule has 1 unspecified atom stereocenters. The molecule has 0 amide bonds. The molecule has 0 saturated carbocycles. The molecule has 4 heteroatoms. The number of benzene rings is 1. The first-order chi connectivity index (χ1) is 8.74. The van der Waals surface area contributed by atoms with E-state index in [1.54, 1.807) is 7.11 Å². The fourth-order valence-corrected chi connectivity index (χ4v) is 2.37. The van der Waals surface area contributed by atoms with Crippen molar-refractivity contribution >= 4 is 11.8 Å². The van der Waals surface area contributed by atoms with Crippen LogP contribution in [0, 0.1) is 0 Å². The van der Waals surface area contributed by atoms with Crippen molar-refractivity contribution in [2.45, 2.75) is 24.3 Å². The highest BCUT2D eigenvalue weighted by molar-refractivity contribution is 7.99. The summed E-state index contributed by atoms with van der Waals surface area (Å²) in [7, 11) is 1.69. The molecular weight excluding hydrogens is 246 g/mol. The van der Waals surface area contributed by atoms with E-state index < -0.39 is 0 Å². The Kier molecular flexibility index (Phi) is 8.09. The van der Waals surface area contributed by atoms with Crippen molar-refractivity contribution in [2.24, 2.45) is 5.73 Å². The topological polar surface area (TPSA) is 44.5 Å². The van der Waals surface area contributed by atoms with E-state index in [1.165, 1.54) is 10.5 Å². The van der Waals surface area contributed by atoms with Gasteiger partial charge in [-0.3, -0.25) is 0 Å². The second kappa shape index (κ2) is 9.39. The molecule has 0 heterocycles. The molecule has 0 aromatic heterocycles. The Morgan fingerprint density at radius 2 is 2.11 bits per heavy atom. The van der Waals surface area contributed by atoms with E-state index in [1.807, 2.05) is 18.7 Å². The number of ether oxygens (including phenoxy) is 2. The Labute approximate surface area is 114 Å². The third-order valence-electron chi connectivity index (χ3n) is 2.52. The lowest BCUT2D eigenvalue weighted by Crippen LogP contribution is -2.04. The summed E-state index contributed by atoms with van der Waals surface area (Å²) in [6.45, 7) is 4.15. The first-order valence-electron chi connectivity index (χ1n) is 6.29. The van der Waals surface area contributed by atoms with Crippen molar-refractivity contribution in [3.05, 3.63) is 29.8 Å². The summed E-state index contributed by atoms with van der Waals surface area (Å²) < 4.78 is 10.3. The summed E-state index contributed by atoms with van der Waals surface area (Å²) in [5.41, 5.74) is 7.06. The summed E-state index contributed by atoms with van der Waals surface area (Å²) in [5, 5.41) is 0. The smallest absolute Gasteiger partial charge is 0.0700 e. The fourth-order valence-electron chi connectivity index (χ4n) is 1.48. The molecule has 0 aliphatic carbocycles. The first-order valence-corrected chi connectivity index (χ1v) is 7.27. The van der Waals surface area contributed by atoms with Gasteiger partial charge in [-0.1, -0.05) is 12.1 Å². The molecule has 0 saturated heterocycles. The van der Waals surface area contributed by atoms with Gasteiger partial charge in [0.05, 0.1) is 13.2 Å². The molecule has 1 aromatic carbocycles. The van der Waals surface area contributed by atoms with E-state index >= 15 is 0 Å². The third kappa shape index (κ3) is 6.40. The van der Waals surface area contributed by atoms with Gasteiger partial charge in [-0.05, 0) is 31.0 Å². The van der Waals surface area contributed by atoms with Crippen LogP contribution in [0.3, 0.4) is 0 Å². The Morgan fingerprint density at radius 1 is 1.28 bits per heavy atom. The van der Waals surface area contributed by atoms with Crippen LogP contribution < -0.4 is 5.73 Å². The van der Waals surface area contributed by atoms with Crippen LogP contribution in [0.15, 0.2) is 29.2 Å². The van der Waals surface area contributed by atoms with Gasteiger partial charge < -0.3 is 15.2 Å². The number of methoxy groups -OCH3 is 1. The summed E-state index contributed by atoms with van der Waals surface area (Å²) in [6, 6.07) is 8.53. The average molecular weight is 269 g/mol. The highest BCUT2D eigenvalue weighted by Crippen LogP contribution is 2.22. The molecule has 3 nitrogen and oxygen atoms in total. The average Bonchev–Trinajstić information content (AvgIpc) is 2.38. The van der Waals surface area contributed by atoms with E-state index in [0.29, 0.717) is 13.2 Å². The van der Waals surface area contributed by atoms with Crippen LogP contribution in [0.4, 0.5) is 0 Å². The second-order valence-corrected chi connectivity index (χ2v) is 5.34. The SMILES string of the molecule is COCCOCCCSc1cccc(C(C)N)c1. The minimum Gasteiger partial charge on any atom is -0.382 e. The number of hydrogen-bond acceptors (Lipinski definition) is 4. The van der Waals surface area contributed by atoms with Crippen molar-refractivity contribution in [3.8, 4) is 0 Å². The van der Waals surface area contributed by atoms with Gasteiger partial charge in [-0.2, -0.15) is 0 Å². The van der Waals surface area contributed by atoms with Crippen LogP contribution in [0.2, 0.25) is 0 Å². The molecule has 0 spiro atoms. The van der Waals surface area contributed by atoms with Crippen LogP contribution in [-0.2, 0) is 9.47 Å². The molecule has 1 atom stereocenters. The quantitative estimate of drug-likeness (QED) is 0.553. The van der Waals surface area contributed by atoms with Crippen LogP contribution in [0.25, 0.3) is 0 Å². The number of rotatable bonds is 9. The van der Waals surface area contributed by atoms with Crippen molar-refractivity contribution in [1.29, 1.82) is 0 Å². The number of hydrogen-bond donors (Lipinski definition) is 1. The minimum absolute atomic E-state index is 0.0999. The molecule has 1 aromatic rings. The van der Waals surface area contributed by atoms with E-state index in [-0.39, 0.29) is 6.04 Å². The minimum atomic E-state index is 0.0999. The van der Waals surface area contributed by atoms with Crippen molar-refractivity contribution in [2.75, 3.05) is 32.7 Å². The van der Waals surface area contributed by atoms with Crippen LogP contribution in [0.1, 0.15) is 24.9 Å². The zero-order valence-corrected chi connectivity index (χ0v) is 12.0. The molecule has 18 heavy (non-hydrogen) atoms. The fraction of sp³-hybridized carbons (Fsp3) is 0.571. The maximum atomic E-state index is 5.86. The van der Waals surface area contributed by atoms with Gasteiger partial charge in [0.15, 0.2) is 0 Å². The van der Waals surface area contributed by atoms with Gasteiger partial charge in [-0.15, -0.1) is 11.8 Å². The molecule has 0 bridgehead atoms. The molecule has 0 aliphatic heterocycles. The van der Waals surface area contributed by atoms with Gasteiger partial charge in [0.2, 0.25) is 0 Å². The lowest BCUT2D eigenvalue weighted by atomic mass is 10.1. The number of nitrogens with two attached hydrogens (primary N) is 1. The predicted octanol–water partition coefficient (Wildman–Crippen LogP) is 2.85. The maximum absolute atomic E-state index is 5.86. The Balaban J connectivity index is 2.17. The summed E-state index contributed by atoms with van der Waals surface area (Å²) >= 11 is 1.85. The first kappa shape index (κ1) is 15.5. The van der Waals surface area contributed by atoms with Crippen LogP contribution in [-0.4, -0.2) is 32.7 Å². The summed E-state index contributed by atoms with van der Waals surface area (Å²) in [6.07, 6.45) is 1.05. The molecular formula is C14H23NO2S. The maximum Gasteiger partial charge on any atom is 0.0700 e. The molecule has 1 rings (SSSR count). The molecule has 0 aliphatic rings. The van der Waals surface area contributed by atoms with Crippen molar-refractivity contribution in [1.82, 2.24) is 0 Å². The van der Waals surface area contributed by atoms with Crippen LogP contribution in [0.5, 0.6) is 0 Å². The van der Waals surface area contributed by atoms with Crippen molar-refractivity contribution < 1.29 is 9.47 Å². The second-order valence-electron chi connectivity index (χ2n) is 4.17. The lowest BCUT2D eigenvalue weighted by molar-refractivity contribution is 0.0713. The Bertz CT molecular complexity index is 331. The van der Waals surface area contributed by atoms with E-state index in [2.05, 4.69) is 24.3 Å². The molecule has 0 fully saturated rings. The molecule has 0 radical (unpaired) electrons. The zero-order chi connectivity index (χ0) is 13.2. The van der Waals surface area contributed by atoms with E-state index in [4.69, 9.17) is 15.2 Å². The van der Waals surface area contributed by atoms with Gasteiger partial charge in [0, 0.05) is 30.4 Å². The standard InChI is InChI=1S/C14H23NO2S/c1-12(15)13-5-3-6-14(11-13)18-10-4-7-17-9-8-16-2/h3,5-6,11-12H,4,7-10,15H2,1-2H3. The summed E-state index contributed by atoms with van der Waals surface area (Å²) in [5.74, 6) is 1.06. The number of thioether (sulfide) groups is 1. The zero-order valence-electron chi connectivity index (χ0n) is 11.2. The summed E-state index contributed by atoms with van der Waals surface area (Å²) in [4.78, 5) is 1.28. The monoisotopic (exact) mass is 269 g/mol. The lowest BCUT2D eigenvalue weighted by Gasteiger charge is -2.08. The van der Waals surface area contributed by atoms with E-state index in [0.717, 1.165) is 18.8 Å². The third-order valence-corrected chi connectivity index (χ3v) is 3.60. The van der Waals surface area contributed by atoms with Gasteiger partial charge in [0.25, 0.3) is 0 Å². The molecule has 2 N–H and O–H groups in total. The predicted molar refractivity (Wildman–Crippen MR) is 77.1 cm³/mol. The van der Waals surface area contributed by atoms with Crippen molar-refractivity contribution in [3.63, 3.8) is 0 Å². The molecule has 102 valence electrons. The normalized spacial score (nSPS) is 12.6. The van der Waals surface area contributed by atoms with Crippen LogP contribution >= 0.6 is 11.8 Å². The largest absolute Gasteiger partial charge is 0.382 e. The Morgan fingerprint density at radius 3 is 2.83 bits per heavy atom. The van der Waals surface area contributed by atoms with Gasteiger partial charge in [0.1, 0.15) is 0 Å². The Hall–Kier alpha value is -0.550.